The molecule has 0 bridgehead atoms. The van der Waals surface area contributed by atoms with Crippen LogP contribution in [0.2, 0.25) is 0 Å². The fraction of sp³-hybridized carbons (Fsp3) is 0.889. The summed E-state index contributed by atoms with van der Waals surface area (Å²) in [7, 11) is -3.34. The molecule has 0 amide bonds. The number of sulfonamides is 1. The first-order valence-electron chi connectivity index (χ1n) is 5.39. The SMILES string of the molecule is CCCN(CC)CCNS(=O)(=O)CC(N)=S. The maximum Gasteiger partial charge on any atom is 0.218 e. The van der Waals surface area contributed by atoms with E-state index in [1.54, 1.807) is 0 Å². The van der Waals surface area contributed by atoms with Crippen molar-refractivity contribution in [1.82, 2.24) is 9.62 Å². The molecule has 5 nitrogen and oxygen atoms in total. The van der Waals surface area contributed by atoms with E-state index in [1.165, 1.54) is 0 Å². The summed E-state index contributed by atoms with van der Waals surface area (Å²) in [4.78, 5) is 2.18. The standard InChI is InChI=1S/C9H21N3O2S2/c1-3-6-12(4-2)7-5-11-16(13,14)8-9(10)15/h11H,3-8H2,1-2H3,(H2,10,15). The Kier molecular flexibility index (Phi) is 7.82. The average Bonchev–Trinajstić information content (AvgIpc) is 2.14. The van der Waals surface area contributed by atoms with Crippen LogP contribution >= 0.6 is 12.2 Å². The molecule has 0 aromatic rings. The molecule has 0 heterocycles. The quantitative estimate of drug-likeness (QED) is 0.572. The summed E-state index contributed by atoms with van der Waals surface area (Å²) in [6.45, 7) is 7.16. The van der Waals surface area contributed by atoms with E-state index in [-0.39, 0.29) is 10.7 Å². The monoisotopic (exact) mass is 267 g/mol. The van der Waals surface area contributed by atoms with Gasteiger partial charge in [-0.2, -0.15) is 0 Å². The van der Waals surface area contributed by atoms with Crippen LogP contribution in [0.25, 0.3) is 0 Å². The zero-order valence-electron chi connectivity index (χ0n) is 9.90. The van der Waals surface area contributed by atoms with E-state index in [0.717, 1.165) is 19.5 Å². The third-order valence-corrected chi connectivity index (χ3v) is 3.73. The van der Waals surface area contributed by atoms with Crippen molar-refractivity contribution in [2.45, 2.75) is 20.3 Å². The van der Waals surface area contributed by atoms with Crippen LogP contribution < -0.4 is 10.5 Å². The Balaban J connectivity index is 3.92. The van der Waals surface area contributed by atoms with E-state index < -0.39 is 10.0 Å². The second-order valence-electron chi connectivity index (χ2n) is 3.55. The minimum absolute atomic E-state index is 0.00611. The van der Waals surface area contributed by atoms with Crippen LogP contribution in [0.3, 0.4) is 0 Å². The van der Waals surface area contributed by atoms with Gasteiger partial charge in [0.05, 0.1) is 4.99 Å². The minimum atomic E-state index is -3.34. The summed E-state index contributed by atoms with van der Waals surface area (Å²) in [5, 5.41) is 0. The molecule has 0 fully saturated rings. The Morgan fingerprint density at radius 3 is 2.44 bits per heavy atom. The van der Waals surface area contributed by atoms with Crippen LogP contribution in [0.15, 0.2) is 0 Å². The van der Waals surface area contributed by atoms with Crippen LogP contribution in [0, 0.1) is 0 Å². The van der Waals surface area contributed by atoms with Gasteiger partial charge < -0.3 is 10.6 Å². The van der Waals surface area contributed by atoms with Crippen molar-refractivity contribution in [3.63, 3.8) is 0 Å². The first kappa shape index (κ1) is 15.8. The Morgan fingerprint density at radius 1 is 1.38 bits per heavy atom. The first-order chi connectivity index (χ1) is 7.41. The molecule has 16 heavy (non-hydrogen) atoms. The topological polar surface area (TPSA) is 75.4 Å². The van der Waals surface area contributed by atoms with E-state index in [0.29, 0.717) is 13.1 Å². The molecule has 7 heteroatoms. The second kappa shape index (κ2) is 7.94. The van der Waals surface area contributed by atoms with E-state index in [4.69, 9.17) is 5.73 Å². The summed E-state index contributed by atoms with van der Waals surface area (Å²) < 4.78 is 25.2. The second-order valence-corrected chi connectivity index (χ2v) is 5.89. The van der Waals surface area contributed by atoms with Crippen LogP contribution in [0.1, 0.15) is 20.3 Å². The highest BCUT2D eigenvalue weighted by Crippen LogP contribution is 1.90. The third-order valence-electron chi connectivity index (χ3n) is 2.07. The summed E-state index contributed by atoms with van der Waals surface area (Å²) in [6.07, 6.45) is 1.06. The van der Waals surface area contributed by atoms with Gasteiger partial charge in [-0.3, -0.25) is 0 Å². The molecule has 0 aliphatic heterocycles. The molecule has 0 aliphatic carbocycles. The van der Waals surface area contributed by atoms with Crippen molar-refractivity contribution in [2.75, 3.05) is 31.9 Å². The van der Waals surface area contributed by atoms with Crippen LogP contribution in [0.4, 0.5) is 0 Å². The van der Waals surface area contributed by atoms with E-state index >= 15 is 0 Å². The lowest BCUT2D eigenvalue weighted by atomic mass is 10.4. The Bertz CT molecular complexity index is 304. The highest BCUT2D eigenvalue weighted by atomic mass is 32.2. The predicted molar refractivity (Wildman–Crippen MR) is 71.0 cm³/mol. The number of nitrogens with one attached hydrogen (secondary N) is 1. The van der Waals surface area contributed by atoms with Gasteiger partial charge in [-0.15, -0.1) is 0 Å². The molecule has 0 aromatic heterocycles. The van der Waals surface area contributed by atoms with E-state index in [2.05, 4.69) is 35.7 Å². The van der Waals surface area contributed by atoms with Gasteiger partial charge in [0.25, 0.3) is 0 Å². The van der Waals surface area contributed by atoms with Gasteiger partial charge in [-0.05, 0) is 19.5 Å². The molecular formula is C9H21N3O2S2. The highest BCUT2D eigenvalue weighted by molar-refractivity contribution is 7.92. The number of nitrogens with two attached hydrogens (primary N) is 1. The molecule has 0 atom stereocenters. The molecule has 0 unspecified atom stereocenters. The summed E-state index contributed by atoms with van der Waals surface area (Å²) in [5.41, 5.74) is 5.19. The Hall–Kier alpha value is -0.240. The highest BCUT2D eigenvalue weighted by Gasteiger charge is 2.11. The van der Waals surface area contributed by atoms with Crippen LogP contribution in [0.5, 0.6) is 0 Å². The molecule has 0 aromatic carbocycles. The largest absolute Gasteiger partial charge is 0.392 e. The maximum absolute atomic E-state index is 11.4. The number of hydrogen-bond acceptors (Lipinski definition) is 4. The lowest BCUT2D eigenvalue weighted by molar-refractivity contribution is 0.293. The summed E-state index contributed by atoms with van der Waals surface area (Å²) >= 11 is 4.56. The predicted octanol–water partition coefficient (Wildman–Crippen LogP) is -0.0762. The van der Waals surface area contributed by atoms with Crippen molar-refractivity contribution in [3.8, 4) is 0 Å². The van der Waals surface area contributed by atoms with Gasteiger partial charge in [-0.25, -0.2) is 13.1 Å². The average molecular weight is 267 g/mol. The number of nitrogens with zero attached hydrogens (tertiary/aromatic N) is 1. The van der Waals surface area contributed by atoms with Gasteiger partial charge in [0, 0.05) is 13.1 Å². The molecule has 0 saturated carbocycles. The van der Waals surface area contributed by atoms with Crippen molar-refractivity contribution in [2.24, 2.45) is 5.73 Å². The van der Waals surface area contributed by atoms with E-state index in [1.807, 2.05) is 0 Å². The van der Waals surface area contributed by atoms with Gasteiger partial charge in [0.1, 0.15) is 5.75 Å². The number of thiocarbonyl (C=S) groups is 1. The van der Waals surface area contributed by atoms with E-state index in [9.17, 15) is 8.42 Å². The number of hydrogen-bond donors (Lipinski definition) is 2. The number of rotatable bonds is 9. The molecule has 3 N–H and O–H groups in total. The molecular weight excluding hydrogens is 246 g/mol. The summed E-state index contributed by atoms with van der Waals surface area (Å²) in [5.74, 6) is -0.276. The molecule has 96 valence electrons. The Labute approximate surface area is 103 Å². The van der Waals surface area contributed by atoms with Gasteiger partial charge in [0.15, 0.2) is 0 Å². The van der Waals surface area contributed by atoms with Crippen molar-refractivity contribution in [1.29, 1.82) is 0 Å². The summed E-state index contributed by atoms with van der Waals surface area (Å²) in [6, 6.07) is 0. The molecule has 0 rings (SSSR count). The van der Waals surface area contributed by atoms with Crippen molar-refractivity contribution < 1.29 is 8.42 Å². The molecule has 0 saturated heterocycles. The van der Waals surface area contributed by atoms with Crippen molar-refractivity contribution >= 4 is 27.2 Å². The fourth-order valence-electron chi connectivity index (χ4n) is 1.34. The third kappa shape index (κ3) is 7.98. The lowest BCUT2D eigenvalue weighted by Gasteiger charge is -2.19. The van der Waals surface area contributed by atoms with Crippen LogP contribution in [-0.4, -0.2) is 50.2 Å². The van der Waals surface area contributed by atoms with Crippen LogP contribution in [-0.2, 0) is 10.0 Å². The maximum atomic E-state index is 11.4. The lowest BCUT2D eigenvalue weighted by Crippen LogP contribution is -2.38. The first-order valence-corrected chi connectivity index (χ1v) is 7.45. The van der Waals surface area contributed by atoms with Crippen molar-refractivity contribution in [3.05, 3.63) is 0 Å². The zero-order valence-corrected chi connectivity index (χ0v) is 11.5. The fourth-order valence-corrected chi connectivity index (χ4v) is 2.69. The Morgan fingerprint density at radius 2 is 2.00 bits per heavy atom. The molecule has 0 spiro atoms. The molecule has 0 radical (unpaired) electrons. The van der Waals surface area contributed by atoms with Gasteiger partial charge in [-0.1, -0.05) is 26.1 Å². The minimum Gasteiger partial charge on any atom is -0.392 e. The number of likely N-dealkylation sites (N-methyl/N-ethyl adjacent to an activating group) is 1. The smallest absolute Gasteiger partial charge is 0.218 e. The van der Waals surface area contributed by atoms with Gasteiger partial charge in [0.2, 0.25) is 10.0 Å². The normalized spacial score (nSPS) is 11.9. The molecule has 0 aliphatic rings. The zero-order chi connectivity index (χ0) is 12.6. The van der Waals surface area contributed by atoms with Gasteiger partial charge >= 0.3 is 0 Å².